The van der Waals surface area contributed by atoms with Crippen LogP contribution in [-0.4, -0.2) is 30.2 Å². The first-order valence-corrected chi connectivity index (χ1v) is 12.7. The first kappa shape index (κ1) is 25.1. The number of hydrazone groups is 1. The van der Waals surface area contributed by atoms with Crippen LogP contribution in [0.15, 0.2) is 101 Å². The molecule has 4 aromatic rings. The molecule has 9 heteroatoms. The van der Waals surface area contributed by atoms with Gasteiger partial charge in [-0.25, -0.2) is 19.0 Å². The lowest BCUT2D eigenvalue weighted by atomic mass is 9.85. The number of hydrogen-bond acceptors (Lipinski definition) is 5. The number of hydrogen-bond donors (Lipinski definition) is 3. The maximum Gasteiger partial charge on any atom is 0.281 e. The Labute approximate surface area is 209 Å². The predicted octanol–water partition coefficient (Wildman–Crippen LogP) is 3.13. The van der Waals surface area contributed by atoms with Crippen LogP contribution in [0, 0.1) is 13.8 Å². The van der Waals surface area contributed by atoms with Crippen molar-refractivity contribution in [2.24, 2.45) is 10.2 Å². The highest BCUT2D eigenvalue weighted by molar-refractivity contribution is 7.89. The van der Waals surface area contributed by atoms with Crippen molar-refractivity contribution >= 4 is 22.1 Å². The SMILES string of the molecule is Cc1cc(/C=N/NC(=O)C(O)(c2ccccc2)c2ccccc2)c(C)n1-c1ccc(S(N)(=O)=O)cc1. The Kier molecular flexibility index (Phi) is 6.89. The fourth-order valence-corrected chi connectivity index (χ4v) is 4.64. The maximum atomic E-state index is 13.2. The van der Waals surface area contributed by atoms with Gasteiger partial charge in [0.1, 0.15) is 0 Å². The first-order valence-electron chi connectivity index (χ1n) is 11.1. The predicted molar refractivity (Wildman–Crippen MR) is 138 cm³/mol. The maximum absolute atomic E-state index is 13.2. The number of aryl methyl sites for hydroxylation is 1. The van der Waals surface area contributed by atoms with Crippen LogP contribution in [0.2, 0.25) is 0 Å². The average Bonchev–Trinajstić information content (AvgIpc) is 3.16. The standard InChI is InChI=1S/C27H26N4O4S/c1-19-17-21(20(2)31(19)24-13-15-25(16-14-24)36(28,34)35)18-29-30-26(32)27(33,22-9-5-3-6-10-22)23-11-7-4-8-12-23/h3-18,33H,1-2H3,(H,30,32)(H2,28,34,35)/b29-18+. The largest absolute Gasteiger partial charge is 0.372 e. The Morgan fingerprint density at radius 3 is 1.97 bits per heavy atom. The molecule has 36 heavy (non-hydrogen) atoms. The second kappa shape index (κ2) is 9.90. The molecule has 4 rings (SSSR count). The highest BCUT2D eigenvalue weighted by Gasteiger charge is 2.39. The number of aromatic nitrogens is 1. The lowest BCUT2D eigenvalue weighted by Crippen LogP contribution is -2.43. The molecule has 0 aliphatic rings. The van der Waals surface area contributed by atoms with Crippen LogP contribution in [-0.2, 0) is 20.4 Å². The molecule has 0 atom stereocenters. The van der Waals surface area contributed by atoms with Gasteiger partial charge in [-0.05, 0) is 55.3 Å². The van der Waals surface area contributed by atoms with E-state index in [9.17, 15) is 18.3 Å². The zero-order chi connectivity index (χ0) is 25.9. The van der Waals surface area contributed by atoms with E-state index >= 15 is 0 Å². The topological polar surface area (TPSA) is 127 Å². The minimum Gasteiger partial charge on any atom is -0.372 e. The molecule has 0 saturated carbocycles. The monoisotopic (exact) mass is 502 g/mol. The summed E-state index contributed by atoms with van der Waals surface area (Å²) < 4.78 is 25.0. The van der Waals surface area contributed by atoms with Crippen molar-refractivity contribution in [3.05, 3.63) is 119 Å². The average molecular weight is 503 g/mol. The summed E-state index contributed by atoms with van der Waals surface area (Å²) in [5.41, 5.74) is 4.60. The molecule has 1 heterocycles. The molecule has 184 valence electrons. The normalized spacial score (nSPS) is 12.1. The van der Waals surface area contributed by atoms with E-state index in [1.165, 1.54) is 18.3 Å². The highest BCUT2D eigenvalue weighted by Crippen LogP contribution is 2.30. The number of nitrogens with two attached hydrogens (primary N) is 1. The molecule has 4 N–H and O–H groups in total. The Hall–Kier alpha value is -4.05. The van der Waals surface area contributed by atoms with Gasteiger partial charge in [0, 0.05) is 22.6 Å². The number of nitrogens with one attached hydrogen (secondary N) is 1. The van der Waals surface area contributed by atoms with Gasteiger partial charge in [0.25, 0.3) is 5.91 Å². The van der Waals surface area contributed by atoms with Crippen molar-refractivity contribution in [3.63, 3.8) is 0 Å². The third-order valence-electron chi connectivity index (χ3n) is 5.98. The van der Waals surface area contributed by atoms with E-state index < -0.39 is 21.5 Å². The summed E-state index contributed by atoms with van der Waals surface area (Å²) in [5.74, 6) is -0.691. The minimum absolute atomic E-state index is 0.0301. The molecule has 0 aliphatic carbocycles. The summed E-state index contributed by atoms with van der Waals surface area (Å²) in [5, 5.41) is 20.8. The third kappa shape index (κ3) is 4.85. The summed E-state index contributed by atoms with van der Waals surface area (Å²) in [7, 11) is -3.78. The molecule has 3 aromatic carbocycles. The number of carbonyl (C=O) groups is 1. The molecule has 0 saturated heterocycles. The number of sulfonamides is 1. The van der Waals surface area contributed by atoms with Crippen LogP contribution in [0.4, 0.5) is 0 Å². The van der Waals surface area contributed by atoms with Gasteiger partial charge in [0.15, 0.2) is 5.60 Å². The summed E-state index contributed by atoms with van der Waals surface area (Å²) in [6, 6.07) is 25.5. The van der Waals surface area contributed by atoms with Crippen LogP contribution >= 0.6 is 0 Å². The zero-order valence-corrected chi connectivity index (χ0v) is 20.6. The smallest absolute Gasteiger partial charge is 0.281 e. The summed E-state index contributed by atoms with van der Waals surface area (Å²) >= 11 is 0. The second-order valence-corrected chi connectivity index (χ2v) is 9.90. The lowest BCUT2D eigenvalue weighted by Gasteiger charge is -2.27. The van der Waals surface area contributed by atoms with Crippen LogP contribution < -0.4 is 10.6 Å². The number of primary sulfonamides is 1. The number of benzene rings is 3. The summed E-state index contributed by atoms with van der Waals surface area (Å²) in [6.07, 6.45) is 1.51. The van der Waals surface area contributed by atoms with E-state index in [-0.39, 0.29) is 4.90 Å². The van der Waals surface area contributed by atoms with Gasteiger partial charge in [-0.3, -0.25) is 4.79 Å². The third-order valence-corrected chi connectivity index (χ3v) is 6.90. The first-order chi connectivity index (χ1) is 17.1. The second-order valence-electron chi connectivity index (χ2n) is 8.34. The number of nitrogens with zero attached hydrogens (tertiary/aromatic N) is 2. The van der Waals surface area contributed by atoms with E-state index in [4.69, 9.17) is 5.14 Å². The summed E-state index contributed by atoms with van der Waals surface area (Å²) in [4.78, 5) is 13.2. The van der Waals surface area contributed by atoms with E-state index in [1.807, 2.05) is 36.6 Å². The van der Waals surface area contributed by atoms with Crippen LogP contribution in [0.1, 0.15) is 28.1 Å². The molecular weight excluding hydrogens is 476 g/mol. The van der Waals surface area contributed by atoms with Crippen LogP contribution in [0.3, 0.4) is 0 Å². The van der Waals surface area contributed by atoms with Crippen LogP contribution in [0.25, 0.3) is 5.69 Å². The van der Waals surface area contributed by atoms with Crippen molar-refractivity contribution in [2.45, 2.75) is 24.3 Å². The molecule has 0 radical (unpaired) electrons. The quantitative estimate of drug-likeness (QED) is 0.265. The Balaban J connectivity index is 1.60. The number of aliphatic hydroxyl groups is 1. The molecule has 0 fully saturated rings. The highest BCUT2D eigenvalue weighted by atomic mass is 32.2. The zero-order valence-electron chi connectivity index (χ0n) is 19.8. The van der Waals surface area contributed by atoms with Gasteiger partial charge in [0.2, 0.25) is 10.0 Å². The van der Waals surface area contributed by atoms with Gasteiger partial charge in [-0.15, -0.1) is 0 Å². The van der Waals surface area contributed by atoms with Crippen molar-refractivity contribution in [1.29, 1.82) is 0 Å². The van der Waals surface area contributed by atoms with E-state index in [0.29, 0.717) is 11.1 Å². The molecule has 1 aromatic heterocycles. The van der Waals surface area contributed by atoms with Gasteiger partial charge in [-0.2, -0.15) is 5.10 Å². The van der Waals surface area contributed by atoms with Crippen molar-refractivity contribution in [1.82, 2.24) is 9.99 Å². The van der Waals surface area contributed by atoms with E-state index in [0.717, 1.165) is 22.6 Å². The van der Waals surface area contributed by atoms with Crippen molar-refractivity contribution < 1.29 is 18.3 Å². The van der Waals surface area contributed by atoms with Crippen molar-refractivity contribution in [3.8, 4) is 5.69 Å². The van der Waals surface area contributed by atoms with Gasteiger partial charge < -0.3 is 9.67 Å². The Bertz CT molecular complexity index is 1470. The lowest BCUT2D eigenvalue weighted by molar-refractivity contribution is -0.136. The van der Waals surface area contributed by atoms with E-state index in [2.05, 4.69) is 10.5 Å². The van der Waals surface area contributed by atoms with Gasteiger partial charge >= 0.3 is 0 Å². The Morgan fingerprint density at radius 2 is 1.47 bits per heavy atom. The minimum atomic E-state index is -3.78. The fourth-order valence-electron chi connectivity index (χ4n) is 4.13. The van der Waals surface area contributed by atoms with Gasteiger partial charge in [0.05, 0.1) is 11.1 Å². The number of rotatable bonds is 7. The molecule has 0 spiro atoms. The molecular formula is C27H26N4O4S. The Morgan fingerprint density at radius 1 is 0.944 bits per heavy atom. The molecule has 0 aliphatic heterocycles. The summed E-state index contributed by atoms with van der Waals surface area (Å²) in [6.45, 7) is 3.79. The molecule has 0 unspecified atom stereocenters. The molecule has 0 bridgehead atoms. The fraction of sp³-hybridized carbons (Fsp3) is 0.111. The van der Waals surface area contributed by atoms with Crippen LogP contribution in [0.5, 0.6) is 0 Å². The number of carbonyl (C=O) groups excluding carboxylic acids is 1. The number of amides is 1. The molecule has 1 amide bonds. The molecule has 8 nitrogen and oxygen atoms in total. The van der Waals surface area contributed by atoms with E-state index in [1.54, 1.807) is 60.7 Å². The van der Waals surface area contributed by atoms with Gasteiger partial charge in [-0.1, -0.05) is 60.7 Å². The van der Waals surface area contributed by atoms with Crippen molar-refractivity contribution in [2.75, 3.05) is 0 Å².